The third-order valence-corrected chi connectivity index (χ3v) is 6.07. The lowest BCUT2D eigenvalue weighted by Crippen LogP contribution is -2.37. The second-order valence-electron chi connectivity index (χ2n) is 5.56. The van der Waals surface area contributed by atoms with Gasteiger partial charge in [-0.25, -0.2) is 8.42 Å². The van der Waals surface area contributed by atoms with Crippen LogP contribution in [0.15, 0.2) is 47.4 Å². The van der Waals surface area contributed by atoms with Gasteiger partial charge in [-0.05, 0) is 30.2 Å². The van der Waals surface area contributed by atoms with Gasteiger partial charge in [0.25, 0.3) is 0 Å². The maximum absolute atomic E-state index is 12.8. The van der Waals surface area contributed by atoms with Crippen LogP contribution in [0, 0.1) is 5.92 Å². The molecule has 0 spiro atoms. The van der Waals surface area contributed by atoms with Gasteiger partial charge in [0.05, 0.1) is 4.90 Å². The van der Waals surface area contributed by atoms with Crippen molar-refractivity contribution < 1.29 is 8.42 Å². The number of fused-ring (bicyclic) bond motifs is 1. The molecule has 0 saturated carbocycles. The van der Waals surface area contributed by atoms with Gasteiger partial charge in [-0.1, -0.05) is 43.3 Å². The first-order valence-electron chi connectivity index (χ1n) is 7.07. The van der Waals surface area contributed by atoms with Gasteiger partial charge in [0.2, 0.25) is 10.0 Å². The molecule has 2 aromatic rings. The lowest BCUT2D eigenvalue weighted by molar-refractivity contribution is 0.288. The van der Waals surface area contributed by atoms with Crippen LogP contribution >= 0.6 is 0 Å². The molecule has 0 aromatic heterocycles. The van der Waals surface area contributed by atoms with Crippen LogP contribution in [0.25, 0.3) is 10.8 Å². The summed E-state index contributed by atoms with van der Waals surface area (Å²) in [7, 11) is -3.38. The van der Waals surface area contributed by atoms with Crippen molar-refractivity contribution in [2.75, 3.05) is 13.1 Å². The number of hydrogen-bond donors (Lipinski definition) is 0. The van der Waals surface area contributed by atoms with Crippen molar-refractivity contribution in [2.45, 2.75) is 24.7 Å². The van der Waals surface area contributed by atoms with E-state index >= 15 is 0 Å². The first-order valence-corrected chi connectivity index (χ1v) is 8.51. The van der Waals surface area contributed by atoms with Crippen LogP contribution in [-0.2, 0) is 10.0 Å². The van der Waals surface area contributed by atoms with Crippen LogP contribution in [0.4, 0.5) is 0 Å². The number of rotatable bonds is 2. The zero-order chi connectivity index (χ0) is 14.2. The van der Waals surface area contributed by atoms with E-state index in [2.05, 4.69) is 6.92 Å². The standard InChI is InChI=1S/C16H19NO2S/c1-13-9-11-17(12-10-13)20(18,19)16-8-4-6-14-5-2-3-7-15(14)16/h2-8,13H,9-12H2,1H3. The first kappa shape index (κ1) is 13.6. The van der Waals surface area contributed by atoms with Crippen LogP contribution in [0.1, 0.15) is 19.8 Å². The van der Waals surface area contributed by atoms with Gasteiger partial charge in [0, 0.05) is 18.5 Å². The molecule has 0 radical (unpaired) electrons. The van der Waals surface area contributed by atoms with Gasteiger partial charge < -0.3 is 0 Å². The van der Waals surface area contributed by atoms with Crippen molar-refractivity contribution in [3.05, 3.63) is 42.5 Å². The highest BCUT2D eigenvalue weighted by Crippen LogP contribution is 2.28. The Morgan fingerprint density at radius 1 is 1.00 bits per heavy atom. The van der Waals surface area contributed by atoms with E-state index in [0.29, 0.717) is 23.9 Å². The predicted molar refractivity (Wildman–Crippen MR) is 81.1 cm³/mol. The Hall–Kier alpha value is -1.39. The van der Waals surface area contributed by atoms with E-state index in [1.165, 1.54) is 0 Å². The van der Waals surface area contributed by atoms with Gasteiger partial charge in [0.15, 0.2) is 0 Å². The molecule has 3 nitrogen and oxygen atoms in total. The van der Waals surface area contributed by atoms with Gasteiger partial charge >= 0.3 is 0 Å². The number of piperidine rings is 1. The summed E-state index contributed by atoms with van der Waals surface area (Å²) in [6.07, 6.45) is 1.90. The van der Waals surface area contributed by atoms with Crippen molar-refractivity contribution >= 4 is 20.8 Å². The minimum absolute atomic E-state index is 0.435. The van der Waals surface area contributed by atoms with E-state index in [9.17, 15) is 8.42 Å². The maximum Gasteiger partial charge on any atom is 0.243 e. The number of benzene rings is 2. The molecule has 20 heavy (non-hydrogen) atoms. The van der Waals surface area contributed by atoms with E-state index in [0.717, 1.165) is 23.6 Å². The highest BCUT2D eigenvalue weighted by atomic mass is 32.2. The van der Waals surface area contributed by atoms with E-state index < -0.39 is 10.0 Å². The topological polar surface area (TPSA) is 37.4 Å². The second-order valence-corrected chi connectivity index (χ2v) is 7.47. The molecule has 1 saturated heterocycles. The van der Waals surface area contributed by atoms with Crippen LogP contribution in [0.5, 0.6) is 0 Å². The number of hydrogen-bond acceptors (Lipinski definition) is 2. The van der Waals surface area contributed by atoms with Crippen LogP contribution in [0.3, 0.4) is 0 Å². The molecular formula is C16H19NO2S. The van der Waals surface area contributed by atoms with Crippen molar-refractivity contribution in [3.8, 4) is 0 Å². The Morgan fingerprint density at radius 3 is 2.40 bits per heavy atom. The quantitative estimate of drug-likeness (QED) is 0.851. The molecule has 0 bridgehead atoms. The highest BCUT2D eigenvalue weighted by molar-refractivity contribution is 7.89. The fourth-order valence-corrected chi connectivity index (χ4v) is 4.47. The third kappa shape index (κ3) is 2.34. The molecule has 1 aliphatic rings. The number of sulfonamides is 1. The molecule has 0 unspecified atom stereocenters. The lowest BCUT2D eigenvalue weighted by Gasteiger charge is -2.29. The summed E-state index contributed by atoms with van der Waals surface area (Å²) in [5, 5.41) is 1.78. The Kier molecular flexibility index (Phi) is 3.52. The molecule has 106 valence electrons. The van der Waals surface area contributed by atoms with Crippen LogP contribution in [-0.4, -0.2) is 25.8 Å². The Labute approximate surface area is 120 Å². The van der Waals surface area contributed by atoms with Crippen molar-refractivity contribution in [2.24, 2.45) is 5.92 Å². The molecule has 4 heteroatoms. The second kappa shape index (κ2) is 5.19. The van der Waals surface area contributed by atoms with Gasteiger partial charge in [0.1, 0.15) is 0 Å². The minimum atomic E-state index is -3.38. The van der Waals surface area contributed by atoms with Crippen molar-refractivity contribution in [1.82, 2.24) is 4.31 Å². The van der Waals surface area contributed by atoms with E-state index in [1.54, 1.807) is 10.4 Å². The summed E-state index contributed by atoms with van der Waals surface area (Å²) in [6.45, 7) is 3.45. The lowest BCUT2D eigenvalue weighted by atomic mass is 10.0. The zero-order valence-corrected chi connectivity index (χ0v) is 12.4. The normalized spacial score (nSPS) is 18.4. The summed E-state index contributed by atoms with van der Waals surface area (Å²) in [5.41, 5.74) is 0. The van der Waals surface area contributed by atoms with Gasteiger partial charge in [-0.2, -0.15) is 4.31 Å². The molecule has 0 atom stereocenters. The largest absolute Gasteiger partial charge is 0.243 e. The smallest absolute Gasteiger partial charge is 0.207 e. The van der Waals surface area contributed by atoms with E-state index in [-0.39, 0.29) is 0 Å². The monoisotopic (exact) mass is 289 g/mol. The van der Waals surface area contributed by atoms with Gasteiger partial charge in [-0.15, -0.1) is 0 Å². The molecule has 0 N–H and O–H groups in total. The SMILES string of the molecule is CC1CCN(S(=O)(=O)c2cccc3ccccc23)CC1. The summed E-state index contributed by atoms with van der Waals surface area (Å²) in [6, 6.07) is 13.1. The van der Waals surface area contributed by atoms with E-state index in [1.807, 2.05) is 36.4 Å². The minimum Gasteiger partial charge on any atom is -0.207 e. The van der Waals surface area contributed by atoms with Crippen molar-refractivity contribution in [3.63, 3.8) is 0 Å². The Bertz CT molecular complexity index is 711. The molecule has 0 aliphatic carbocycles. The van der Waals surface area contributed by atoms with Crippen LogP contribution < -0.4 is 0 Å². The fraction of sp³-hybridized carbons (Fsp3) is 0.375. The molecule has 1 fully saturated rings. The summed E-state index contributed by atoms with van der Waals surface area (Å²) in [4.78, 5) is 0.435. The van der Waals surface area contributed by atoms with E-state index in [4.69, 9.17) is 0 Å². The first-order chi connectivity index (χ1) is 9.59. The fourth-order valence-electron chi connectivity index (χ4n) is 2.78. The number of nitrogens with zero attached hydrogens (tertiary/aromatic N) is 1. The Balaban J connectivity index is 2.05. The molecular weight excluding hydrogens is 270 g/mol. The molecule has 1 heterocycles. The average Bonchev–Trinajstić information content (AvgIpc) is 2.47. The van der Waals surface area contributed by atoms with Crippen LogP contribution in [0.2, 0.25) is 0 Å². The Morgan fingerprint density at radius 2 is 1.65 bits per heavy atom. The molecule has 1 aliphatic heterocycles. The third-order valence-electron chi connectivity index (χ3n) is 4.11. The summed E-state index contributed by atoms with van der Waals surface area (Å²) >= 11 is 0. The maximum atomic E-state index is 12.8. The highest BCUT2D eigenvalue weighted by Gasteiger charge is 2.29. The summed E-state index contributed by atoms with van der Waals surface area (Å²) < 4.78 is 27.3. The summed E-state index contributed by atoms with van der Waals surface area (Å²) in [5.74, 6) is 0.619. The van der Waals surface area contributed by atoms with Gasteiger partial charge in [-0.3, -0.25) is 0 Å². The molecule has 3 rings (SSSR count). The average molecular weight is 289 g/mol. The molecule has 2 aromatic carbocycles. The van der Waals surface area contributed by atoms with Crippen molar-refractivity contribution in [1.29, 1.82) is 0 Å². The zero-order valence-electron chi connectivity index (χ0n) is 11.6. The predicted octanol–water partition coefficient (Wildman–Crippen LogP) is 3.26. The molecule has 0 amide bonds.